The second-order valence-corrected chi connectivity index (χ2v) is 7.35. The van der Waals surface area contributed by atoms with Gasteiger partial charge in [-0.3, -0.25) is 4.79 Å². The summed E-state index contributed by atoms with van der Waals surface area (Å²) in [6.45, 7) is 1.17. The minimum absolute atomic E-state index is 0.0000780. The number of fused-ring (bicyclic) bond motifs is 1. The maximum atomic E-state index is 12.5. The molecule has 1 aliphatic heterocycles. The van der Waals surface area contributed by atoms with Gasteiger partial charge in [0.1, 0.15) is 6.10 Å². The van der Waals surface area contributed by atoms with Crippen LogP contribution in [0.25, 0.3) is 10.2 Å². The van der Waals surface area contributed by atoms with Crippen molar-refractivity contribution >= 4 is 27.5 Å². The lowest BCUT2D eigenvalue weighted by molar-refractivity contribution is -0.139. The number of amides is 1. The maximum Gasteiger partial charge on any atom is 0.274 e. The first-order valence-corrected chi connectivity index (χ1v) is 9.49. The molecular formula is C20H20N2O4S. The summed E-state index contributed by atoms with van der Waals surface area (Å²) in [5.41, 5.74) is 1.84. The number of benzene rings is 2. The molecule has 4 rings (SSSR count). The molecule has 1 amide bonds. The number of carbonyl (C=O) groups is 1. The van der Waals surface area contributed by atoms with Crippen molar-refractivity contribution < 1.29 is 19.0 Å². The number of carbonyl (C=O) groups excluding carboxylic acids is 1. The average Bonchev–Trinajstić information content (AvgIpc) is 3.06. The van der Waals surface area contributed by atoms with Crippen LogP contribution in [0.15, 0.2) is 42.5 Å². The lowest BCUT2D eigenvalue weighted by Crippen LogP contribution is -2.56. The van der Waals surface area contributed by atoms with E-state index >= 15 is 0 Å². The Hall–Kier alpha value is -2.80. The topological polar surface area (TPSA) is 60.9 Å². The molecule has 1 aliphatic rings. The molecule has 1 aromatic heterocycles. The molecule has 140 valence electrons. The van der Waals surface area contributed by atoms with E-state index in [1.807, 2.05) is 42.5 Å². The molecule has 2 aromatic carbocycles. The van der Waals surface area contributed by atoms with Crippen LogP contribution in [-0.2, 0) is 11.2 Å². The molecule has 1 fully saturated rings. The van der Waals surface area contributed by atoms with Crippen LogP contribution < -0.4 is 14.2 Å². The molecule has 0 aliphatic carbocycles. The summed E-state index contributed by atoms with van der Waals surface area (Å²) >= 11 is 1.53. The van der Waals surface area contributed by atoms with Crippen molar-refractivity contribution in [2.75, 3.05) is 27.3 Å². The number of thiazole rings is 1. The second-order valence-electron chi connectivity index (χ2n) is 6.35. The monoisotopic (exact) mass is 384 g/mol. The van der Waals surface area contributed by atoms with Gasteiger partial charge < -0.3 is 19.1 Å². The van der Waals surface area contributed by atoms with Crippen LogP contribution in [0.5, 0.6) is 16.7 Å². The number of hydrogen-bond donors (Lipinski definition) is 0. The highest BCUT2D eigenvalue weighted by Gasteiger charge is 2.32. The van der Waals surface area contributed by atoms with E-state index in [0.717, 1.165) is 15.8 Å². The van der Waals surface area contributed by atoms with E-state index in [4.69, 9.17) is 14.2 Å². The first kappa shape index (κ1) is 17.6. The van der Waals surface area contributed by atoms with Crippen LogP contribution in [0.3, 0.4) is 0 Å². The van der Waals surface area contributed by atoms with Crippen LogP contribution in [0.4, 0.5) is 0 Å². The molecule has 2 heterocycles. The minimum Gasteiger partial charge on any atom is -0.493 e. The molecular weight excluding hydrogens is 364 g/mol. The van der Waals surface area contributed by atoms with Crippen molar-refractivity contribution in [2.24, 2.45) is 0 Å². The van der Waals surface area contributed by atoms with E-state index in [9.17, 15) is 4.79 Å². The maximum absolute atomic E-state index is 12.5. The Balaban J connectivity index is 1.32. The fraction of sp³-hybridized carbons (Fsp3) is 0.300. The predicted molar refractivity (Wildman–Crippen MR) is 104 cm³/mol. The number of hydrogen-bond acceptors (Lipinski definition) is 6. The molecule has 0 atom stereocenters. The standard InChI is InChI=1S/C20H20N2O4S/c1-24-16-8-7-13(9-17(16)25-2)10-19(23)22-11-14(12-22)26-20-21-15-5-3-4-6-18(15)27-20/h3-9,14H,10-12H2,1-2H3. The summed E-state index contributed by atoms with van der Waals surface area (Å²) in [6.07, 6.45) is 0.328. The highest BCUT2D eigenvalue weighted by Crippen LogP contribution is 2.30. The normalized spacial score (nSPS) is 14.1. The Morgan fingerprint density at radius 2 is 1.93 bits per heavy atom. The van der Waals surface area contributed by atoms with Gasteiger partial charge in [0.25, 0.3) is 5.19 Å². The highest BCUT2D eigenvalue weighted by atomic mass is 32.1. The summed E-state index contributed by atoms with van der Waals surface area (Å²) in [7, 11) is 3.18. The lowest BCUT2D eigenvalue weighted by atomic mass is 10.1. The molecule has 0 radical (unpaired) electrons. The zero-order valence-corrected chi connectivity index (χ0v) is 16.0. The zero-order chi connectivity index (χ0) is 18.8. The average molecular weight is 384 g/mol. The Kier molecular flexibility index (Phi) is 4.85. The van der Waals surface area contributed by atoms with E-state index in [1.165, 1.54) is 11.3 Å². The molecule has 0 bridgehead atoms. The van der Waals surface area contributed by atoms with Gasteiger partial charge in [-0.15, -0.1) is 0 Å². The number of rotatable bonds is 6. The molecule has 27 heavy (non-hydrogen) atoms. The van der Waals surface area contributed by atoms with Crippen LogP contribution >= 0.6 is 11.3 Å². The quantitative estimate of drug-likeness (QED) is 0.653. The van der Waals surface area contributed by atoms with Gasteiger partial charge in [0.05, 0.1) is 43.9 Å². The largest absolute Gasteiger partial charge is 0.493 e. The lowest BCUT2D eigenvalue weighted by Gasteiger charge is -2.38. The summed E-state index contributed by atoms with van der Waals surface area (Å²) in [5, 5.41) is 0.660. The first-order chi connectivity index (χ1) is 13.2. The van der Waals surface area contributed by atoms with Crippen molar-refractivity contribution in [2.45, 2.75) is 12.5 Å². The van der Waals surface area contributed by atoms with Crippen LogP contribution in [-0.4, -0.2) is 49.2 Å². The highest BCUT2D eigenvalue weighted by molar-refractivity contribution is 7.20. The third-order valence-corrected chi connectivity index (χ3v) is 5.47. The minimum atomic E-state index is -0.0000780. The van der Waals surface area contributed by atoms with E-state index in [2.05, 4.69) is 4.98 Å². The number of ether oxygens (including phenoxy) is 3. The van der Waals surface area contributed by atoms with Crippen LogP contribution in [0, 0.1) is 0 Å². The van der Waals surface area contributed by atoms with Gasteiger partial charge in [0.2, 0.25) is 5.91 Å². The van der Waals surface area contributed by atoms with Gasteiger partial charge in [-0.1, -0.05) is 29.5 Å². The number of para-hydroxylation sites is 1. The summed E-state index contributed by atoms with van der Waals surface area (Å²) in [4.78, 5) is 18.7. The number of nitrogens with zero attached hydrogens (tertiary/aromatic N) is 2. The Bertz CT molecular complexity index is 933. The van der Waals surface area contributed by atoms with Gasteiger partial charge in [-0.25, -0.2) is 4.98 Å². The van der Waals surface area contributed by atoms with Gasteiger partial charge in [0.15, 0.2) is 11.5 Å². The molecule has 0 unspecified atom stereocenters. The van der Waals surface area contributed by atoms with E-state index < -0.39 is 0 Å². The van der Waals surface area contributed by atoms with Crippen molar-refractivity contribution in [3.05, 3.63) is 48.0 Å². The summed E-state index contributed by atoms with van der Waals surface area (Å²) in [5.74, 6) is 1.36. The van der Waals surface area contributed by atoms with Gasteiger partial charge >= 0.3 is 0 Å². The number of methoxy groups -OCH3 is 2. The number of likely N-dealkylation sites (tertiary alicyclic amines) is 1. The fourth-order valence-corrected chi connectivity index (χ4v) is 3.92. The summed E-state index contributed by atoms with van der Waals surface area (Å²) in [6, 6.07) is 13.5. The molecule has 0 N–H and O–H groups in total. The third kappa shape index (κ3) is 3.68. The third-order valence-electron chi connectivity index (χ3n) is 4.55. The Morgan fingerprint density at radius 1 is 1.15 bits per heavy atom. The van der Waals surface area contributed by atoms with Crippen molar-refractivity contribution in [1.29, 1.82) is 0 Å². The first-order valence-electron chi connectivity index (χ1n) is 8.67. The van der Waals surface area contributed by atoms with E-state index in [0.29, 0.717) is 36.2 Å². The number of aromatic nitrogens is 1. The molecule has 1 saturated heterocycles. The smallest absolute Gasteiger partial charge is 0.274 e. The molecule has 3 aromatic rings. The Morgan fingerprint density at radius 3 is 2.67 bits per heavy atom. The summed E-state index contributed by atoms with van der Waals surface area (Å²) < 4.78 is 17.5. The van der Waals surface area contributed by atoms with Crippen molar-refractivity contribution in [3.8, 4) is 16.7 Å². The zero-order valence-electron chi connectivity index (χ0n) is 15.2. The SMILES string of the molecule is COc1ccc(CC(=O)N2CC(Oc3nc4ccccc4s3)C2)cc1OC. The van der Waals surface area contributed by atoms with Crippen LogP contribution in [0.2, 0.25) is 0 Å². The van der Waals surface area contributed by atoms with E-state index in [1.54, 1.807) is 19.1 Å². The molecule has 6 nitrogen and oxygen atoms in total. The van der Waals surface area contributed by atoms with E-state index in [-0.39, 0.29) is 12.0 Å². The molecule has 0 saturated carbocycles. The van der Waals surface area contributed by atoms with Gasteiger partial charge in [-0.2, -0.15) is 0 Å². The predicted octanol–water partition coefficient (Wildman–Crippen LogP) is 3.15. The van der Waals surface area contributed by atoms with Crippen molar-refractivity contribution in [1.82, 2.24) is 9.88 Å². The fourth-order valence-electron chi connectivity index (χ4n) is 3.04. The van der Waals surface area contributed by atoms with Crippen LogP contribution in [0.1, 0.15) is 5.56 Å². The van der Waals surface area contributed by atoms with Gasteiger partial charge in [-0.05, 0) is 29.8 Å². The van der Waals surface area contributed by atoms with Crippen molar-refractivity contribution in [3.63, 3.8) is 0 Å². The Labute approximate surface area is 161 Å². The molecule has 0 spiro atoms. The van der Waals surface area contributed by atoms with Gasteiger partial charge in [0, 0.05) is 0 Å². The second kappa shape index (κ2) is 7.44. The molecule has 7 heteroatoms.